The van der Waals surface area contributed by atoms with Crippen LogP contribution in [-0.2, 0) is 0 Å². The monoisotopic (exact) mass is 336 g/mol. The fourth-order valence-electron chi connectivity index (χ4n) is 2.00. The Morgan fingerprint density at radius 3 is 2.50 bits per heavy atom. The standard InChI is InChI=1S/C15H10BrClS/c16-14(15-13(17)7-8-18-15)12-6-5-10-3-1-2-4-11(10)9-12/h1-9,14H. The molecule has 0 aliphatic carbocycles. The lowest BCUT2D eigenvalue weighted by Gasteiger charge is -2.10. The molecular weight excluding hydrogens is 328 g/mol. The Morgan fingerprint density at radius 2 is 1.78 bits per heavy atom. The smallest absolute Gasteiger partial charge is 0.0753 e. The van der Waals surface area contributed by atoms with Crippen LogP contribution in [0, 0.1) is 0 Å². The van der Waals surface area contributed by atoms with E-state index in [4.69, 9.17) is 11.6 Å². The molecule has 0 bridgehead atoms. The molecule has 0 aliphatic heterocycles. The largest absolute Gasteiger partial charge is 0.146 e. The zero-order chi connectivity index (χ0) is 12.5. The molecule has 0 saturated carbocycles. The molecule has 0 spiro atoms. The Bertz CT molecular complexity index is 690. The second-order valence-corrected chi connectivity index (χ2v) is 6.37. The third-order valence-corrected chi connectivity index (χ3v) is 5.65. The average molecular weight is 338 g/mol. The molecule has 0 amide bonds. The molecule has 90 valence electrons. The molecule has 1 heterocycles. The van der Waals surface area contributed by atoms with E-state index in [1.807, 2.05) is 11.4 Å². The highest BCUT2D eigenvalue weighted by Gasteiger charge is 2.15. The van der Waals surface area contributed by atoms with Crippen molar-refractivity contribution < 1.29 is 0 Å². The van der Waals surface area contributed by atoms with Crippen molar-refractivity contribution in [1.82, 2.24) is 0 Å². The van der Waals surface area contributed by atoms with Crippen LogP contribution in [0.2, 0.25) is 5.02 Å². The first-order valence-electron chi connectivity index (χ1n) is 5.61. The lowest BCUT2D eigenvalue weighted by atomic mass is 10.0. The quantitative estimate of drug-likeness (QED) is 0.500. The van der Waals surface area contributed by atoms with Crippen molar-refractivity contribution in [2.24, 2.45) is 0 Å². The summed E-state index contributed by atoms with van der Waals surface area (Å²) in [5, 5.41) is 5.37. The zero-order valence-corrected chi connectivity index (χ0v) is 12.6. The SMILES string of the molecule is Clc1ccsc1C(Br)c1ccc2ccccc2c1. The van der Waals surface area contributed by atoms with E-state index in [0.29, 0.717) is 0 Å². The van der Waals surface area contributed by atoms with Gasteiger partial charge in [0.2, 0.25) is 0 Å². The van der Waals surface area contributed by atoms with Gasteiger partial charge in [-0.15, -0.1) is 11.3 Å². The summed E-state index contributed by atoms with van der Waals surface area (Å²) in [6.07, 6.45) is 0. The van der Waals surface area contributed by atoms with Crippen LogP contribution >= 0.6 is 38.9 Å². The predicted molar refractivity (Wildman–Crippen MR) is 84.0 cm³/mol. The van der Waals surface area contributed by atoms with Gasteiger partial charge in [0, 0.05) is 4.88 Å². The fraction of sp³-hybridized carbons (Fsp3) is 0.0667. The summed E-state index contributed by atoms with van der Waals surface area (Å²) in [6.45, 7) is 0. The molecule has 0 nitrogen and oxygen atoms in total. The summed E-state index contributed by atoms with van der Waals surface area (Å²) < 4.78 is 0. The van der Waals surface area contributed by atoms with E-state index in [9.17, 15) is 0 Å². The van der Waals surface area contributed by atoms with Crippen molar-refractivity contribution >= 4 is 49.6 Å². The molecule has 3 aromatic rings. The number of benzene rings is 2. The molecule has 0 N–H and O–H groups in total. The van der Waals surface area contributed by atoms with Gasteiger partial charge in [-0.1, -0.05) is 63.9 Å². The minimum Gasteiger partial charge on any atom is -0.146 e. The first-order valence-corrected chi connectivity index (χ1v) is 7.79. The molecule has 18 heavy (non-hydrogen) atoms. The molecular formula is C15H10BrClS. The van der Waals surface area contributed by atoms with Crippen LogP contribution in [0.1, 0.15) is 15.3 Å². The second-order valence-electron chi connectivity index (χ2n) is 4.10. The molecule has 3 rings (SSSR count). The predicted octanol–water partition coefficient (Wildman–Crippen LogP) is 6.04. The van der Waals surface area contributed by atoms with Crippen LogP contribution < -0.4 is 0 Å². The van der Waals surface area contributed by atoms with Gasteiger partial charge in [0.15, 0.2) is 0 Å². The number of alkyl halides is 1. The molecule has 1 unspecified atom stereocenters. The van der Waals surface area contributed by atoms with Gasteiger partial charge in [-0.3, -0.25) is 0 Å². The molecule has 0 fully saturated rings. The Hall–Kier alpha value is -0.830. The van der Waals surface area contributed by atoms with Gasteiger partial charge in [0.1, 0.15) is 0 Å². The van der Waals surface area contributed by atoms with Crippen LogP contribution in [0.25, 0.3) is 10.8 Å². The van der Waals surface area contributed by atoms with Crippen molar-refractivity contribution in [3.63, 3.8) is 0 Å². The van der Waals surface area contributed by atoms with E-state index in [1.165, 1.54) is 16.3 Å². The summed E-state index contributed by atoms with van der Waals surface area (Å²) in [4.78, 5) is 1.32. The van der Waals surface area contributed by atoms with Crippen LogP contribution in [0.15, 0.2) is 53.9 Å². The second kappa shape index (κ2) is 5.04. The Labute approximate surface area is 123 Å². The van der Waals surface area contributed by atoms with E-state index in [1.54, 1.807) is 11.3 Å². The van der Waals surface area contributed by atoms with Gasteiger partial charge >= 0.3 is 0 Å². The molecule has 3 heteroatoms. The van der Waals surface area contributed by atoms with E-state index in [2.05, 4.69) is 58.4 Å². The maximum Gasteiger partial charge on any atom is 0.0753 e. The van der Waals surface area contributed by atoms with Gasteiger partial charge in [-0.2, -0.15) is 0 Å². The van der Waals surface area contributed by atoms with Crippen LogP contribution in [0.4, 0.5) is 0 Å². The van der Waals surface area contributed by atoms with Crippen molar-refractivity contribution in [2.45, 2.75) is 4.83 Å². The highest BCUT2D eigenvalue weighted by molar-refractivity contribution is 9.09. The van der Waals surface area contributed by atoms with Crippen molar-refractivity contribution in [1.29, 1.82) is 0 Å². The number of hydrogen-bond donors (Lipinski definition) is 0. The van der Waals surface area contributed by atoms with Gasteiger partial charge in [-0.25, -0.2) is 0 Å². The fourth-order valence-corrected chi connectivity index (χ4v) is 4.16. The minimum absolute atomic E-state index is 0.162. The first kappa shape index (κ1) is 12.2. The van der Waals surface area contributed by atoms with E-state index >= 15 is 0 Å². The maximum absolute atomic E-state index is 6.18. The molecule has 0 radical (unpaired) electrons. The van der Waals surface area contributed by atoms with Crippen LogP contribution in [-0.4, -0.2) is 0 Å². The normalized spacial score (nSPS) is 12.8. The Morgan fingerprint density at radius 1 is 1.00 bits per heavy atom. The Balaban J connectivity index is 2.07. The summed E-state index contributed by atoms with van der Waals surface area (Å²) in [5.41, 5.74) is 1.23. The summed E-state index contributed by atoms with van der Waals surface area (Å²) >= 11 is 11.6. The molecule has 2 aromatic carbocycles. The van der Waals surface area contributed by atoms with Crippen LogP contribution in [0.5, 0.6) is 0 Å². The third kappa shape index (κ3) is 2.20. The highest BCUT2D eigenvalue weighted by Crippen LogP contribution is 2.39. The molecule has 1 atom stereocenters. The van der Waals surface area contributed by atoms with E-state index in [-0.39, 0.29) is 4.83 Å². The number of fused-ring (bicyclic) bond motifs is 1. The van der Waals surface area contributed by atoms with Gasteiger partial charge in [-0.05, 0) is 33.8 Å². The summed E-state index contributed by atoms with van der Waals surface area (Å²) in [7, 11) is 0. The lowest BCUT2D eigenvalue weighted by molar-refractivity contribution is 1.23. The highest BCUT2D eigenvalue weighted by atomic mass is 79.9. The first-order chi connectivity index (χ1) is 8.75. The summed E-state index contributed by atoms with van der Waals surface area (Å²) in [5.74, 6) is 0. The third-order valence-electron chi connectivity index (χ3n) is 2.94. The number of rotatable bonds is 2. The number of halogens is 2. The van der Waals surface area contributed by atoms with Crippen molar-refractivity contribution in [3.8, 4) is 0 Å². The zero-order valence-electron chi connectivity index (χ0n) is 9.44. The van der Waals surface area contributed by atoms with E-state index < -0.39 is 0 Å². The maximum atomic E-state index is 6.18. The van der Waals surface area contributed by atoms with Crippen LogP contribution in [0.3, 0.4) is 0 Å². The number of hydrogen-bond acceptors (Lipinski definition) is 1. The van der Waals surface area contributed by atoms with E-state index in [0.717, 1.165) is 9.90 Å². The lowest BCUT2D eigenvalue weighted by Crippen LogP contribution is -1.90. The topological polar surface area (TPSA) is 0 Å². The minimum atomic E-state index is 0.162. The number of thiophene rings is 1. The Kier molecular flexibility index (Phi) is 3.42. The van der Waals surface area contributed by atoms with Gasteiger partial charge < -0.3 is 0 Å². The van der Waals surface area contributed by atoms with Gasteiger partial charge in [0.25, 0.3) is 0 Å². The van der Waals surface area contributed by atoms with Crippen molar-refractivity contribution in [3.05, 3.63) is 69.4 Å². The average Bonchev–Trinajstić information content (AvgIpc) is 2.83. The molecule has 0 aliphatic rings. The summed E-state index contributed by atoms with van der Waals surface area (Å²) in [6, 6.07) is 16.8. The van der Waals surface area contributed by atoms with Gasteiger partial charge in [0.05, 0.1) is 9.85 Å². The van der Waals surface area contributed by atoms with Crippen molar-refractivity contribution in [2.75, 3.05) is 0 Å². The molecule has 1 aromatic heterocycles. The molecule has 0 saturated heterocycles.